The van der Waals surface area contributed by atoms with E-state index in [0.29, 0.717) is 11.1 Å². The molecule has 0 aliphatic heterocycles. The molecule has 6 aromatic rings. The molecule has 2 N–H and O–H groups in total. The van der Waals surface area contributed by atoms with Gasteiger partial charge in [0.1, 0.15) is 47.0 Å². The van der Waals surface area contributed by atoms with Gasteiger partial charge in [0.2, 0.25) is 0 Å². The summed E-state index contributed by atoms with van der Waals surface area (Å²) in [5.41, 5.74) is -7.62. The summed E-state index contributed by atoms with van der Waals surface area (Å²) in [5, 5.41) is 30.1. The molecule has 6 aromatic carbocycles. The van der Waals surface area contributed by atoms with Crippen LogP contribution in [0.25, 0.3) is 21.5 Å². The van der Waals surface area contributed by atoms with E-state index in [-0.39, 0.29) is 0 Å². The number of benzene rings is 6. The Balaban J connectivity index is 0.000000250. The monoisotopic (exact) mass is 758 g/mol. The second-order valence-corrected chi connectivity index (χ2v) is 10.9. The molecule has 0 amide bonds. The predicted molar refractivity (Wildman–Crippen MR) is 158 cm³/mol. The van der Waals surface area contributed by atoms with Gasteiger partial charge >= 0.3 is 6.35 Å². The second-order valence-electron chi connectivity index (χ2n) is 10.9. The molecule has 6 rings (SSSR count). The highest BCUT2D eigenvalue weighted by Crippen LogP contribution is 2.32. The fourth-order valence-corrected chi connectivity index (χ4v) is 5.81. The minimum atomic E-state index is -6.16. The van der Waals surface area contributed by atoms with E-state index in [1.54, 1.807) is 0 Å². The Hall–Kier alpha value is -6.21. The molecular weight excluding hydrogens is 748 g/mol. The van der Waals surface area contributed by atoms with Crippen LogP contribution in [0.15, 0.2) is 48.5 Å². The van der Waals surface area contributed by atoms with Crippen molar-refractivity contribution < 1.29 is 70.9 Å². The molecule has 0 unspecified atom stereocenters. The number of hydrogen-bond donors (Lipinski definition) is 0. The average molecular weight is 758 g/mol. The van der Waals surface area contributed by atoms with E-state index in [4.69, 9.17) is 5.02 Å². The summed E-state index contributed by atoms with van der Waals surface area (Å²) in [5.74, 6) is -47.2. The number of hydrogen-bond acceptors (Lipinski definition) is 2. The Morgan fingerprint density at radius 3 is 0.679 bits per heavy atom. The van der Waals surface area contributed by atoms with Crippen LogP contribution < -0.4 is 16.4 Å². The van der Waals surface area contributed by atoms with Gasteiger partial charge in [0, 0.05) is 21.5 Å². The van der Waals surface area contributed by atoms with Crippen LogP contribution in [-0.4, -0.2) is 11.4 Å². The van der Waals surface area contributed by atoms with Crippen molar-refractivity contribution in [2.24, 2.45) is 0 Å². The molecule has 0 fully saturated rings. The lowest BCUT2D eigenvalue weighted by atomic mass is 9.28. The third-order valence-corrected chi connectivity index (χ3v) is 8.19. The molecule has 270 valence electrons. The quantitative estimate of drug-likeness (QED) is 0.0479. The molecule has 0 aromatic heterocycles. The van der Waals surface area contributed by atoms with Crippen molar-refractivity contribution in [3.05, 3.63) is 147 Å². The summed E-state index contributed by atoms with van der Waals surface area (Å²) in [7, 11) is 0. The lowest BCUT2D eigenvalue weighted by Gasteiger charge is -2.33. The van der Waals surface area contributed by atoms with Crippen LogP contribution >= 0.6 is 0 Å². The van der Waals surface area contributed by atoms with Gasteiger partial charge < -0.3 is 5.02 Å². The van der Waals surface area contributed by atoms with Crippen molar-refractivity contribution in [2.75, 3.05) is 0 Å². The molecule has 19 heteroatoms. The highest BCUT2D eigenvalue weighted by Gasteiger charge is 2.54. The molecule has 0 saturated carbocycles. The lowest BCUT2D eigenvalue weighted by molar-refractivity contribution is 0.374. The highest BCUT2D eigenvalue weighted by molar-refractivity contribution is 7.06. The molecule has 0 spiro atoms. The van der Waals surface area contributed by atoms with Crippen molar-refractivity contribution >= 4 is 44.3 Å². The summed E-state index contributed by atoms with van der Waals surface area (Å²) in [4.78, 5) is 0. The van der Waals surface area contributed by atoms with Crippen LogP contribution in [0.4, 0.5) is 65.9 Å². The van der Waals surface area contributed by atoms with Gasteiger partial charge in [0.25, 0.3) is 0 Å². The smallest absolute Gasteiger partial charge is 0.392 e. The van der Waals surface area contributed by atoms with Gasteiger partial charge in [-0.2, -0.15) is 10.5 Å². The highest BCUT2D eigenvalue weighted by atomic mass is 19.2. The fourth-order valence-electron chi connectivity index (χ4n) is 5.81. The Bertz CT molecular complexity index is 2250. The van der Waals surface area contributed by atoms with Crippen molar-refractivity contribution in [2.45, 2.75) is 0 Å². The topological polar surface area (TPSA) is 70.5 Å². The standard InChI is InChI=1S/C18H2BF15O.C16H8N2/c20-4-1(5(21)11(27)16(32)10(4)26)19(35,2-6(22)12(28)17(33)13(29)7(2)23)3-8(24)14(30)18(34)15(31)9(3)25;17-9-15-11-5-1-2-6-12(11)16(10-18)14-8-4-3-7-13(14)15/h35H2;1-8H. The Morgan fingerprint density at radius 1 is 0.340 bits per heavy atom. The molecule has 0 saturated heterocycles. The van der Waals surface area contributed by atoms with Crippen LogP contribution in [0.5, 0.6) is 0 Å². The van der Waals surface area contributed by atoms with E-state index in [0.717, 1.165) is 21.5 Å². The first-order chi connectivity index (χ1) is 24.9. The number of nitriles is 2. The number of fused-ring (bicyclic) bond motifs is 2. The van der Waals surface area contributed by atoms with Crippen LogP contribution in [0.1, 0.15) is 11.1 Å². The van der Waals surface area contributed by atoms with Gasteiger partial charge in [-0.1, -0.05) is 48.5 Å². The maximum Gasteiger partial charge on any atom is 0.392 e. The zero-order chi connectivity index (χ0) is 39.4. The first-order valence-corrected chi connectivity index (χ1v) is 14.1. The minimum absolute atomic E-state index is 0.639. The first-order valence-electron chi connectivity index (χ1n) is 14.1. The summed E-state index contributed by atoms with van der Waals surface area (Å²) in [6.45, 7) is 0. The predicted octanol–water partition coefficient (Wildman–Crippen LogP) is 7.20. The first kappa shape index (κ1) is 38.0. The van der Waals surface area contributed by atoms with Crippen LogP contribution in [0, 0.1) is 110 Å². The molecular formula is C34H10BF15N2O. The average Bonchev–Trinajstić information content (AvgIpc) is 3.15. The maximum atomic E-state index is 14.5. The molecule has 3 nitrogen and oxygen atoms in total. The number of nitrogens with zero attached hydrogens (tertiary/aromatic N) is 2. The van der Waals surface area contributed by atoms with E-state index in [1.165, 1.54) is 0 Å². The lowest BCUT2D eigenvalue weighted by Crippen LogP contribution is -2.73. The van der Waals surface area contributed by atoms with Gasteiger partial charge in [-0.3, -0.25) is 0 Å². The second kappa shape index (κ2) is 13.7. The summed E-state index contributed by atoms with van der Waals surface area (Å²) in [6, 6.07) is 19.6. The van der Waals surface area contributed by atoms with Crippen molar-refractivity contribution in [3.8, 4) is 12.1 Å². The molecule has 0 aliphatic rings. The summed E-state index contributed by atoms with van der Waals surface area (Å²) < 4.78 is 210. The SMILES string of the molecule is N#Cc1c2ccccc2c(C#N)c2ccccc12.[OH2+][B-](c1c(F)c(F)c(F)c(F)c1F)(c1c(F)c(F)c(F)c(F)c1F)c1c(F)c(F)c(F)c(F)c1F. The van der Waals surface area contributed by atoms with Gasteiger partial charge in [-0.05, 0) is 16.4 Å². The van der Waals surface area contributed by atoms with Crippen LogP contribution in [0.3, 0.4) is 0 Å². The van der Waals surface area contributed by atoms with Crippen LogP contribution in [0.2, 0.25) is 0 Å². The summed E-state index contributed by atoms with van der Waals surface area (Å²) >= 11 is 0. The van der Waals surface area contributed by atoms with Gasteiger partial charge in [0.05, 0.1) is 11.1 Å². The normalized spacial score (nSPS) is 11.4. The van der Waals surface area contributed by atoms with Crippen molar-refractivity contribution in [1.29, 1.82) is 10.5 Å². The molecule has 53 heavy (non-hydrogen) atoms. The summed E-state index contributed by atoms with van der Waals surface area (Å²) in [6.07, 6.45) is -6.16. The Kier molecular flexibility index (Phi) is 9.86. The zero-order valence-corrected chi connectivity index (χ0v) is 25.3. The Morgan fingerprint density at radius 2 is 0.509 bits per heavy atom. The fraction of sp³-hybridized carbons (Fsp3) is 0. The Labute approximate surface area is 284 Å². The van der Waals surface area contributed by atoms with Crippen molar-refractivity contribution in [1.82, 2.24) is 0 Å². The van der Waals surface area contributed by atoms with E-state index in [9.17, 15) is 76.4 Å². The van der Waals surface area contributed by atoms with E-state index in [1.807, 2.05) is 48.5 Å². The van der Waals surface area contributed by atoms with Crippen molar-refractivity contribution in [3.63, 3.8) is 0 Å². The molecule has 0 bridgehead atoms. The number of rotatable bonds is 3. The number of halogens is 15. The molecule has 0 atom stereocenters. The largest absolute Gasteiger partial charge is 0.681 e. The molecule has 0 heterocycles. The minimum Gasteiger partial charge on any atom is -0.681 e. The van der Waals surface area contributed by atoms with Gasteiger partial charge in [0.15, 0.2) is 52.4 Å². The van der Waals surface area contributed by atoms with E-state index >= 15 is 0 Å². The molecule has 0 radical (unpaired) electrons. The third kappa shape index (κ3) is 5.55. The van der Waals surface area contributed by atoms with Crippen LogP contribution in [-0.2, 0) is 0 Å². The van der Waals surface area contributed by atoms with E-state index in [2.05, 4.69) is 12.1 Å². The third-order valence-electron chi connectivity index (χ3n) is 8.19. The zero-order valence-electron chi connectivity index (χ0n) is 25.3. The maximum absolute atomic E-state index is 14.5. The van der Waals surface area contributed by atoms with E-state index < -0.39 is 110 Å². The van der Waals surface area contributed by atoms with Gasteiger partial charge in [-0.25, -0.2) is 65.9 Å². The van der Waals surface area contributed by atoms with Gasteiger partial charge in [-0.15, -0.1) is 0 Å². The molecule has 0 aliphatic carbocycles.